The van der Waals surface area contributed by atoms with Gasteiger partial charge in [0.15, 0.2) is 0 Å². The molecule has 1 unspecified atom stereocenters. The molecule has 1 aromatic carbocycles. The second-order valence-electron chi connectivity index (χ2n) is 3.98. The summed E-state index contributed by atoms with van der Waals surface area (Å²) >= 11 is 6.00. The number of pyridine rings is 1. The van der Waals surface area contributed by atoms with E-state index in [1.165, 1.54) is 0 Å². The fourth-order valence-electron chi connectivity index (χ4n) is 1.54. The van der Waals surface area contributed by atoms with Crippen LogP contribution in [0.2, 0.25) is 5.02 Å². The Bertz CT molecular complexity index is 601. The van der Waals surface area contributed by atoms with Crippen molar-refractivity contribution in [1.82, 2.24) is 4.98 Å². The first-order valence-electron chi connectivity index (χ1n) is 5.41. The van der Waals surface area contributed by atoms with E-state index in [-0.39, 0.29) is 0 Å². The number of nitrogens with zero attached hydrogens (tertiary/aromatic N) is 1. The number of nitrogen functional groups attached to an aromatic ring is 1. The Labute approximate surface area is 113 Å². The van der Waals surface area contributed by atoms with E-state index in [4.69, 9.17) is 17.3 Å². The van der Waals surface area contributed by atoms with Crippen LogP contribution in [0.3, 0.4) is 0 Å². The van der Waals surface area contributed by atoms with Crippen LogP contribution in [0.15, 0.2) is 41.6 Å². The first-order chi connectivity index (χ1) is 8.58. The molecule has 1 aromatic heterocycles. The molecule has 0 aliphatic carbocycles. The average molecular weight is 281 g/mol. The largest absolute Gasteiger partial charge is 0.399 e. The quantitative estimate of drug-likeness (QED) is 0.880. The smallest absolute Gasteiger partial charge is 0.0630 e. The molecule has 0 amide bonds. The van der Waals surface area contributed by atoms with Gasteiger partial charge in [0.1, 0.15) is 0 Å². The van der Waals surface area contributed by atoms with E-state index in [1.807, 2.05) is 13.0 Å². The van der Waals surface area contributed by atoms with Crippen molar-refractivity contribution in [2.24, 2.45) is 0 Å². The zero-order valence-electron chi connectivity index (χ0n) is 9.89. The van der Waals surface area contributed by atoms with Gasteiger partial charge in [0.2, 0.25) is 0 Å². The summed E-state index contributed by atoms with van der Waals surface area (Å²) in [5.74, 6) is 0.380. The SMILES string of the molecule is Cc1cc(S(=O)Cc2ccncc2Cl)ccc1N. The van der Waals surface area contributed by atoms with Crippen molar-refractivity contribution in [3.63, 3.8) is 0 Å². The third kappa shape index (κ3) is 2.89. The molecule has 5 heteroatoms. The Hall–Kier alpha value is -1.39. The number of nitrogens with two attached hydrogens (primary N) is 1. The highest BCUT2D eigenvalue weighted by Crippen LogP contribution is 2.21. The van der Waals surface area contributed by atoms with Crippen LogP contribution >= 0.6 is 11.6 Å². The molecule has 0 aliphatic rings. The zero-order chi connectivity index (χ0) is 13.1. The Morgan fingerprint density at radius 1 is 1.39 bits per heavy atom. The van der Waals surface area contributed by atoms with E-state index in [0.29, 0.717) is 16.5 Å². The van der Waals surface area contributed by atoms with Crippen LogP contribution in [0.25, 0.3) is 0 Å². The third-order valence-corrected chi connectivity index (χ3v) is 4.34. The maximum atomic E-state index is 12.2. The number of hydrogen-bond donors (Lipinski definition) is 1. The van der Waals surface area contributed by atoms with Crippen LogP contribution in [0.5, 0.6) is 0 Å². The van der Waals surface area contributed by atoms with Crippen LogP contribution in [0.1, 0.15) is 11.1 Å². The van der Waals surface area contributed by atoms with Gasteiger partial charge in [0.05, 0.1) is 21.6 Å². The summed E-state index contributed by atoms with van der Waals surface area (Å²) in [6.45, 7) is 1.90. The summed E-state index contributed by atoms with van der Waals surface area (Å²) in [6, 6.07) is 7.19. The fourth-order valence-corrected chi connectivity index (χ4v) is 3.03. The van der Waals surface area contributed by atoms with Gasteiger partial charge < -0.3 is 5.73 Å². The number of hydrogen-bond acceptors (Lipinski definition) is 3. The lowest BCUT2D eigenvalue weighted by molar-refractivity contribution is 0.682. The van der Waals surface area contributed by atoms with Crippen LogP contribution < -0.4 is 5.73 Å². The molecule has 18 heavy (non-hydrogen) atoms. The van der Waals surface area contributed by atoms with Crippen molar-refractivity contribution in [3.05, 3.63) is 52.8 Å². The van der Waals surface area contributed by atoms with Gasteiger partial charge in [-0.05, 0) is 42.3 Å². The lowest BCUT2D eigenvalue weighted by Gasteiger charge is -2.06. The van der Waals surface area contributed by atoms with E-state index in [0.717, 1.165) is 16.0 Å². The van der Waals surface area contributed by atoms with Crippen LogP contribution in [0, 0.1) is 6.92 Å². The summed E-state index contributed by atoms with van der Waals surface area (Å²) in [5, 5.41) is 0.540. The van der Waals surface area contributed by atoms with Gasteiger partial charge in [-0.3, -0.25) is 9.19 Å². The van der Waals surface area contributed by atoms with Gasteiger partial charge in [-0.2, -0.15) is 0 Å². The molecule has 0 bridgehead atoms. The number of benzene rings is 1. The van der Waals surface area contributed by atoms with Gasteiger partial charge in [-0.15, -0.1) is 0 Å². The summed E-state index contributed by atoms with van der Waals surface area (Å²) < 4.78 is 12.2. The van der Waals surface area contributed by atoms with Gasteiger partial charge in [-0.1, -0.05) is 11.6 Å². The molecule has 0 radical (unpaired) electrons. The predicted octanol–water partition coefficient (Wildman–Crippen LogP) is 2.93. The molecule has 2 aromatic rings. The lowest BCUT2D eigenvalue weighted by atomic mass is 10.2. The lowest BCUT2D eigenvalue weighted by Crippen LogP contribution is -1.99. The molecule has 1 atom stereocenters. The van der Waals surface area contributed by atoms with Gasteiger partial charge in [0, 0.05) is 23.0 Å². The Morgan fingerprint density at radius 2 is 2.17 bits per heavy atom. The molecule has 0 spiro atoms. The minimum Gasteiger partial charge on any atom is -0.399 e. The zero-order valence-corrected chi connectivity index (χ0v) is 11.5. The number of rotatable bonds is 3. The highest BCUT2D eigenvalue weighted by atomic mass is 35.5. The normalized spacial score (nSPS) is 12.3. The molecule has 3 nitrogen and oxygen atoms in total. The third-order valence-electron chi connectivity index (χ3n) is 2.65. The van der Waals surface area contributed by atoms with Crippen molar-refractivity contribution >= 4 is 28.1 Å². The second-order valence-corrected chi connectivity index (χ2v) is 5.83. The van der Waals surface area contributed by atoms with Crippen molar-refractivity contribution in [2.75, 3.05) is 5.73 Å². The van der Waals surface area contributed by atoms with E-state index >= 15 is 0 Å². The Balaban J connectivity index is 2.22. The second kappa shape index (κ2) is 5.50. The molecule has 1 heterocycles. The predicted molar refractivity (Wildman–Crippen MR) is 75.0 cm³/mol. The maximum Gasteiger partial charge on any atom is 0.0630 e. The topological polar surface area (TPSA) is 56.0 Å². The summed E-state index contributed by atoms with van der Waals surface area (Å²) in [7, 11) is -1.13. The van der Waals surface area contributed by atoms with Crippen molar-refractivity contribution in [3.8, 4) is 0 Å². The highest BCUT2D eigenvalue weighted by molar-refractivity contribution is 7.84. The van der Waals surface area contributed by atoms with Crippen molar-refractivity contribution in [2.45, 2.75) is 17.6 Å². The summed E-state index contributed by atoms with van der Waals surface area (Å²) in [5.41, 5.74) is 8.21. The van der Waals surface area contributed by atoms with Gasteiger partial charge in [-0.25, -0.2) is 0 Å². The van der Waals surface area contributed by atoms with Gasteiger partial charge >= 0.3 is 0 Å². The molecule has 2 N–H and O–H groups in total. The number of anilines is 1. The van der Waals surface area contributed by atoms with E-state index in [1.54, 1.807) is 30.6 Å². The number of aromatic nitrogens is 1. The van der Waals surface area contributed by atoms with Crippen molar-refractivity contribution < 1.29 is 4.21 Å². The van der Waals surface area contributed by atoms with Crippen LogP contribution in [0.4, 0.5) is 5.69 Å². The highest BCUT2D eigenvalue weighted by Gasteiger charge is 2.09. The fraction of sp³-hybridized carbons (Fsp3) is 0.154. The molecule has 0 saturated heterocycles. The standard InChI is InChI=1S/C13H13ClN2OS/c1-9-6-11(2-3-13(9)15)18(17)8-10-4-5-16-7-12(10)14/h2-7H,8,15H2,1H3. The molecule has 0 saturated carbocycles. The van der Waals surface area contributed by atoms with Gasteiger partial charge in [0.25, 0.3) is 0 Å². The first kappa shape index (κ1) is 13.1. The molecular formula is C13H13ClN2OS. The maximum absolute atomic E-state index is 12.2. The molecule has 94 valence electrons. The molecule has 2 rings (SSSR count). The minimum atomic E-state index is -1.13. The molecular weight excluding hydrogens is 268 g/mol. The number of halogens is 1. The van der Waals surface area contributed by atoms with Crippen LogP contribution in [-0.2, 0) is 16.6 Å². The van der Waals surface area contributed by atoms with Crippen LogP contribution in [-0.4, -0.2) is 9.19 Å². The molecule has 0 aliphatic heterocycles. The summed E-state index contributed by atoms with van der Waals surface area (Å²) in [4.78, 5) is 4.66. The monoisotopic (exact) mass is 280 g/mol. The first-order valence-corrected chi connectivity index (χ1v) is 7.10. The Morgan fingerprint density at radius 3 is 2.83 bits per heavy atom. The minimum absolute atomic E-state index is 0.380. The average Bonchev–Trinajstić information content (AvgIpc) is 2.35. The van der Waals surface area contributed by atoms with E-state index in [2.05, 4.69) is 4.98 Å². The summed E-state index contributed by atoms with van der Waals surface area (Å²) in [6.07, 6.45) is 3.20. The number of aryl methyl sites for hydroxylation is 1. The van der Waals surface area contributed by atoms with E-state index in [9.17, 15) is 4.21 Å². The Kier molecular flexibility index (Phi) is 3.99. The van der Waals surface area contributed by atoms with E-state index < -0.39 is 10.8 Å². The van der Waals surface area contributed by atoms with Crippen molar-refractivity contribution in [1.29, 1.82) is 0 Å². The molecule has 0 fully saturated rings.